The number of anilines is 1. The quantitative estimate of drug-likeness (QED) is 0.350. The SMILES string of the molecule is COc1cc(C)c(S(=O)(=O)N(C)CCOc2nccc(N3CCC4(CCN(Cc5ccccc5)C4=O)CC3)n2)c(C)c1. The number of aromatic nitrogens is 2. The maximum absolute atomic E-state index is 13.4. The first-order valence-electron chi connectivity index (χ1n) is 14.3. The fourth-order valence-corrected chi connectivity index (χ4v) is 7.59. The summed E-state index contributed by atoms with van der Waals surface area (Å²) in [6.07, 6.45) is 4.10. The van der Waals surface area contributed by atoms with Crippen LogP contribution in [-0.2, 0) is 21.4 Å². The van der Waals surface area contributed by atoms with E-state index in [0.717, 1.165) is 50.3 Å². The molecule has 224 valence electrons. The van der Waals surface area contributed by atoms with E-state index >= 15 is 0 Å². The molecule has 2 saturated heterocycles. The van der Waals surface area contributed by atoms with Gasteiger partial charge in [-0.15, -0.1) is 0 Å². The van der Waals surface area contributed by atoms with E-state index in [2.05, 4.69) is 27.0 Å². The zero-order valence-electron chi connectivity index (χ0n) is 24.7. The Kier molecular flexibility index (Phi) is 8.70. The molecule has 0 unspecified atom stereocenters. The Balaban J connectivity index is 1.15. The summed E-state index contributed by atoms with van der Waals surface area (Å²) < 4.78 is 38.9. The summed E-state index contributed by atoms with van der Waals surface area (Å²) in [5.74, 6) is 1.62. The minimum absolute atomic E-state index is 0.0995. The number of amides is 1. The molecule has 10 nitrogen and oxygen atoms in total. The Labute approximate surface area is 248 Å². The van der Waals surface area contributed by atoms with Gasteiger partial charge in [0.25, 0.3) is 0 Å². The van der Waals surface area contributed by atoms with Gasteiger partial charge < -0.3 is 19.3 Å². The van der Waals surface area contributed by atoms with E-state index in [9.17, 15) is 13.2 Å². The summed E-state index contributed by atoms with van der Waals surface area (Å²) in [5, 5.41) is 0. The van der Waals surface area contributed by atoms with Gasteiger partial charge in [0.1, 0.15) is 18.2 Å². The number of methoxy groups -OCH3 is 1. The highest BCUT2D eigenvalue weighted by Gasteiger charge is 2.48. The number of benzene rings is 2. The van der Waals surface area contributed by atoms with Gasteiger partial charge in [0.15, 0.2) is 0 Å². The van der Waals surface area contributed by atoms with Crippen molar-refractivity contribution in [2.24, 2.45) is 5.41 Å². The van der Waals surface area contributed by atoms with Crippen LogP contribution in [0.4, 0.5) is 5.82 Å². The number of ether oxygens (including phenoxy) is 2. The van der Waals surface area contributed by atoms with Crippen LogP contribution in [0.1, 0.15) is 36.0 Å². The van der Waals surface area contributed by atoms with E-state index in [1.165, 1.54) is 11.4 Å². The van der Waals surface area contributed by atoms with Crippen molar-refractivity contribution in [2.75, 3.05) is 51.8 Å². The fourth-order valence-electron chi connectivity index (χ4n) is 6.03. The second kappa shape index (κ2) is 12.3. The summed E-state index contributed by atoms with van der Waals surface area (Å²) in [5.41, 5.74) is 2.11. The van der Waals surface area contributed by atoms with Crippen molar-refractivity contribution in [1.29, 1.82) is 0 Å². The molecule has 2 aliphatic heterocycles. The molecule has 1 spiro atoms. The van der Waals surface area contributed by atoms with E-state index in [1.807, 2.05) is 29.2 Å². The zero-order valence-corrected chi connectivity index (χ0v) is 25.6. The molecule has 0 N–H and O–H groups in total. The number of hydrogen-bond donors (Lipinski definition) is 0. The molecule has 0 saturated carbocycles. The van der Waals surface area contributed by atoms with Gasteiger partial charge in [-0.25, -0.2) is 13.4 Å². The highest BCUT2D eigenvalue weighted by atomic mass is 32.2. The monoisotopic (exact) mass is 593 g/mol. The molecule has 1 amide bonds. The van der Waals surface area contributed by atoms with Crippen LogP contribution in [0.5, 0.6) is 11.8 Å². The normalized spacial score (nSPS) is 16.8. The molecular formula is C31H39N5O5S. The smallest absolute Gasteiger partial charge is 0.318 e. The van der Waals surface area contributed by atoms with E-state index in [-0.39, 0.29) is 35.4 Å². The molecule has 42 heavy (non-hydrogen) atoms. The first-order chi connectivity index (χ1) is 20.1. The molecule has 5 rings (SSSR count). The van der Waals surface area contributed by atoms with E-state index < -0.39 is 10.0 Å². The molecule has 3 aromatic rings. The number of hydrogen-bond acceptors (Lipinski definition) is 8. The first-order valence-corrected chi connectivity index (χ1v) is 15.7. The number of likely N-dealkylation sites (N-methyl/N-ethyl adjacent to an activating group) is 1. The maximum Gasteiger partial charge on any atom is 0.318 e. The number of rotatable bonds is 10. The number of piperidine rings is 1. The van der Waals surface area contributed by atoms with Crippen molar-refractivity contribution in [3.05, 3.63) is 71.4 Å². The number of likely N-dealkylation sites (tertiary alicyclic amines) is 1. The van der Waals surface area contributed by atoms with Crippen LogP contribution >= 0.6 is 0 Å². The van der Waals surface area contributed by atoms with Gasteiger partial charge in [0.05, 0.1) is 17.4 Å². The van der Waals surface area contributed by atoms with E-state index in [1.54, 1.807) is 39.3 Å². The Morgan fingerprint density at radius 1 is 1.00 bits per heavy atom. The summed E-state index contributed by atoms with van der Waals surface area (Å²) >= 11 is 0. The number of nitrogens with zero attached hydrogens (tertiary/aromatic N) is 5. The van der Waals surface area contributed by atoms with Gasteiger partial charge in [-0.2, -0.15) is 9.29 Å². The number of carbonyl (C=O) groups is 1. The van der Waals surface area contributed by atoms with Crippen molar-refractivity contribution in [3.63, 3.8) is 0 Å². The summed E-state index contributed by atoms with van der Waals surface area (Å²) in [7, 11) is -0.632. The average Bonchev–Trinajstić information content (AvgIpc) is 3.27. The standard InChI is InChI=1S/C31H39N5O5S/c1-23-20-26(40-4)21-24(2)28(23)42(38,39)34(3)18-19-41-30-32-14-10-27(33-30)35-15-11-31(12-16-35)13-17-36(29(31)37)22-25-8-6-5-7-9-25/h5-10,14,20-21H,11-13,15-19,22H2,1-4H3. The molecule has 2 aromatic carbocycles. The molecule has 1 aromatic heterocycles. The van der Waals surface area contributed by atoms with Crippen LogP contribution in [0.15, 0.2) is 59.6 Å². The largest absolute Gasteiger partial charge is 0.497 e. The van der Waals surface area contributed by atoms with Gasteiger partial charge in [-0.05, 0) is 68.0 Å². The summed E-state index contributed by atoms with van der Waals surface area (Å²) in [6.45, 7) is 6.66. The Hall–Kier alpha value is -3.70. The Morgan fingerprint density at radius 3 is 2.33 bits per heavy atom. The molecule has 0 radical (unpaired) electrons. The second-order valence-corrected chi connectivity index (χ2v) is 13.2. The van der Waals surface area contributed by atoms with Crippen LogP contribution in [0.25, 0.3) is 0 Å². The number of sulfonamides is 1. The minimum Gasteiger partial charge on any atom is -0.497 e. The highest BCUT2D eigenvalue weighted by Crippen LogP contribution is 2.42. The van der Waals surface area contributed by atoms with Gasteiger partial charge in [-0.1, -0.05) is 30.3 Å². The molecule has 2 aliphatic rings. The lowest BCUT2D eigenvalue weighted by atomic mass is 9.77. The molecule has 11 heteroatoms. The van der Waals surface area contributed by atoms with Gasteiger partial charge in [0.2, 0.25) is 15.9 Å². The highest BCUT2D eigenvalue weighted by molar-refractivity contribution is 7.89. The first kappa shape index (κ1) is 29.8. The van der Waals surface area contributed by atoms with Crippen molar-refractivity contribution in [3.8, 4) is 11.8 Å². The van der Waals surface area contributed by atoms with Crippen molar-refractivity contribution < 1.29 is 22.7 Å². The topological polar surface area (TPSA) is 105 Å². The van der Waals surface area contributed by atoms with Crippen LogP contribution in [0, 0.1) is 19.3 Å². The lowest BCUT2D eigenvalue weighted by Crippen LogP contribution is -2.44. The predicted molar refractivity (Wildman–Crippen MR) is 160 cm³/mol. The van der Waals surface area contributed by atoms with E-state index in [4.69, 9.17) is 9.47 Å². The number of carbonyl (C=O) groups excluding carboxylic acids is 1. The van der Waals surface area contributed by atoms with Gasteiger partial charge in [0, 0.05) is 46.0 Å². The van der Waals surface area contributed by atoms with Crippen LogP contribution in [-0.4, -0.2) is 80.4 Å². The van der Waals surface area contributed by atoms with Gasteiger partial charge >= 0.3 is 6.01 Å². The van der Waals surface area contributed by atoms with E-state index in [0.29, 0.717) is 23.4 Å². The lowest BCUT2D eigenvalue weighted by Gasteiger charge is -2.38. The van der Waals surface area contributed by atoms with Crippen molar-refractivity contribution in [2.45, 2.75) is 44.6 Å². The Bertz CT molecular complexity index is 1500. The summed E-state index contributed by atoms with van der Waals surface area (Å²) in [4.78, 5) is 26.6. The third kappa shape index (κ3) is 6.07. The van der Waals surface area contributed by atoms with Crippen molar-refractivity contribution >= 4 is 21.7 Å². The molecule has 3 heterocycles. The predicted octanol–water partition coefficient (Wildman–Crippen LogP) is 3.82. The second-order valence-electron chi connectivity index (χ2n) is 11.2. The summed E-state index contributed by atoms with van der Waals surface area (Å²) in [6, 6.07) is 15.6. The fraction of sp³-hybridized carbons (Fsp3) is 0.452. The molecule has 0 aliphatic carbocycles. The third-order valence-corrected chi connectivity index (χ3v) is 10.6. The Morgan fingerprint density at radius 2 is 1.67 bits per heavy atom. The molecule has 0 bridgehead atoms. The van der Waals surface area contributed by atoms with Crippen LogP contribution in [0.3, 0.4) is 0 Å². The zero-order chi connectivity index (χ0) is 29.9. The average molecular weight is 594 g/mol. The van der Waals surface area contributed by atoms with Crippen LogP contribution < -0.4 is 14.4 Å². The molecular weight excluding hydrogens is 554 g/mol. The maximum atomic E-state index is 13.4. The third-order valence-electron chi connectivity index (χ3n) is 8.46. The minimum atomic E-state index is -3.72. The molecule has 0 atom stereocenters. The molecule has 2 fully saturated rings. The van der Waals surface area contributed by atoms with Gasteiger partial charge in [-0.3, -0.25) is 4.79 Å². The number of aryl methyl sites for hydroxylation is 2. The van der Waals surface area contributed by atoms with Crippen molar-refractivity contribution in [1.82, 2.24) is 19.2 Å². The van der Waals surface area contributed by atoms with Crippen LogP contribution in [0.2, 0.25) is 0 Å². The lowest BCUT2D eigenvalue weighted by molar-refractivity contribution is -0.137.